The molecule has 1 atom stereocenters. The van der Waals surface area contributed by atoms with Crippen molar-refractivity contribution in [3.63, 3.8) is 0 Å². The van der Waals surface area contributed by atoms with Crippen LogP contribution in [0.25, 0.3) is 17.3 Å². The van der Waals surface area contributed by atoms with Crippen molar-refractivity contribution in [1.82, 2.24) is 14.8 Å². The highest BCUT2D eigenvalue weighted by Crippen LogP contribution is 2.37. The molecule has 0 spiro atoms. The Morgan fingerprint density at radius 3 is 2.44 bits per heavy atom. The molecule has 3 aromatic rings. The van der Waals surface area contributed by atoms with Gasteiger partial charge < -0.3 is 19.0 Å². The number of ether oxygens (including phenoxy) is 2. The Balaban J connectivity index is 1.65. The van der Waals surface area contributed by atoms with Crippen LogP contribution in [-0.4, -0.2) is 54.4 Å². The third-order valence-corrected chi connectivity index (χ3v) is 7.42. The highest BCUT2D eigenvalue weighted by molar-refractivity contribution is 7.92. The Labute approximate surface area is 199 Å². The maximum absolute atomic E-state index is 13.0. The number of aliphatic hydroxyl groups is 1. The van der Waals surface area contributed by atoms with Crippen LogP contribution in [0.1, 0.15) is 38.5 Å². The molecule has 11 heteroatoms. The lowest BCUT2D eigenvalue weighted by Crippen LogP contribution is -2.28. The van der Waals surface area contributed by atoms with Crippen molar-refractivity contribution in [1.29, 1.82) is 0 Å². The van der Waals surface area contributed by atoms with E-state index >= 15 is 0 Å². The summed E-state index contributed by atoms with van der Waals surface area (Å²) in [6.07, 6.45) is 6.18. The summed E-state index contributed by atoms with van der Waals surface area (Å²) in [5, 5.41) is 18.8. The van der Waals surface area contributed by atoms with Crippen LogP contribution in [0.2, 0.25) is 0 Å². The van der Waals surface area contributed by atoms with Crippen LogP contribution in [0.4, 0.5) is 5.95 Å². The third-order valence-electron chi connectivity index (χ3n) is 6.15. The molecule has 0 amide bonds. The zero-order chi connectivity index (χ0) is 24.1. The Morgan fingerprint density at radius 2 is 1.82 bits per heavy atom. The van der Waals surface area contributed by atoms with E-state index in [0.29, 0.717) is 22.9 Å². The number of nitrogens with one attached hydrogen (secondary N) is 1. The number of methoxy groups -OCH3 is 2. The molecule has 2 aromatic heterocycles. The molecule has 2 heterocycles. The number of rotatable bonds is 10. The van der Waals surface area contributed by atoms with Crippen LogP contribution < -0.4 is 14.2 Å². The highest BCUT2D eigenvalue weighted by Gasteiger charge is 2.28. The van der Waals surface area contributed by atoms with E-state index in [2.05, 4.69) is 14.9 Å². The zero-order valence-corrected chi connectivity index (χ0v) is 20.1. The number of sulfonamides is 1. The Bertz CT molecular complexity index is 1160. The third kappa shape index (κ3) is 5.20. The molecule has 0 unspecified atom stereocenters. The van der Waals surface area contributed by atoms with Crippen molar-refractivity contribution >= 4 is 16.0 Å². The Hall–Kier alpha value is -3.05. The van der Waals surface area contributed by atoms with Gasteiger partial charge in [0.1, 0.15) is 17.2 Å². The van der Waals surface area contributed by atoms with Crippen LogP contribution in [0.5, 0.6) is 11.5 Å². The second kappa shape index (κ2) is 10.5. The molecule has 1 aliphatic rings. The average molecular weight is 491 g/mol. The van der Waals surface area contributed by atoms with Gasteiger partial charge in [0.25, 0.3) is 0 Å². The van der Waals surface area contributed by atoms with Gasteiger partial charge in [-0.25, -0.2) is 8.42 Å². The maximum atomic E-state index is 13.0. The van der Waals surface area contributed by atoms with Crippen molar-refractivity contribution in [2.45, 2.75) is 44.6 Å². The Morgan fingerprint density at radius 1 is 1.12 bits per heavy atom. The zero-order valence-electron chi connectivity index (χ0n) is 19.3. The van der Waals surface area contributed by atoms with Gasteiger partial charge in [-0.1, -0.05) is 25.3 Å². The number of anilines is 1. The van der Waals surface area contributed by atoms with Crippen LogP contribution in [0.3, 0.4) is 0 Å². The highest BCUT2D eigenvalue weighted by atomic mass is 32.2. The van der Waals surface area contributed by atoms with E-state index in [1.165, 1.54) is 31.5 Å². The minimum atomic E-state index is -3.84. The average Bonchev–Trinajstić information content (AvgIpc) is 3.52. The van der Waals surface area contributed by atoms with Crippen molar-refractivity contribution < 1.29 is 27.4 Å². The molecule has 0 aliphatic heterocycles. The number of nitrogens with zero attached hydrogens (tertiary/aromatic N) is 3. The van der Waals surface area contributed by atoms with E-state index in [1.54, 1.807) is 30.3 Å². The molecule has 34 heavy (non-hydrogen) atoms. The first-order valence-corrected chi connectivity index (χ1v) is 13.0. The molecule has 0 bridgehead atoms. The summed E-state index contributed by atoms with van der Waals surface area (Å²) in [5.74, 6) is 1.39. The summed E-state index contributed by atoms with van der Waals surface area (Å²) in [4.78, 5) is 0. The van der Waals surface area contributed by atoms with E-state index in [1.807, 2.05) is 0 Å². The second-order valence-corrected chi connectivity index (χ2v) is 10.2. The molecular formula is C23H30N4O6S. The molecular weight excluding hydrogens is 460 g/mol. The molecule has 1 aliphatic carbocycles. The first-order valence-electron chi connectivity index (χ1n) is 11.3. The van der Waals surface area contributed by atoms with Gasteiger partial charge in [0.2, 0.25) is 21.8 Å². The summed E-state index contributed by atoms with van der Waals surface area (Å²) in [7, 11) is -0.828. The fraction of sp³-hybridized carbons (Fsp3) is 0.478. The number of furan rings is 1. The normalized spacial score (nSPS) is 15.7. The Kier molecular flexibility index (Phi) is 7.42. The lowest BCUT2D eigenvalue weighted by Gasteiger charge is -2.26. The van der Waals surface area contributed by atoms with E-state index in [4.69, 9.17) is 13.9 Å². The van der Waals surface area contributed by atoms with Gasteiger partial charge in [0.15, 0.2) is 5.76 Å². The number of benzene rings is 1. The maximum Gasteiger partial charge on any atom is 0.243 e. The van der Waals surface area contributed by atoms with E-state index in [-0.39, 0.29) is 29.9 Å². The standard InChI is InChI=1S/C23H30N4O6S/c1-31-18-10-6-11-19(32-2)21(18)27-22(20-12-7-14-33-20)24-25-23(27)26-34(29,30)15-13-17(28)16-8-4-3-5-9-16/h6-7,10-12,14,16-17,28H,3-5,8-9,13,15H2,1-2H3,(H,25,26)/t17-/m1/s1. The quantitative estimate of drug-likeness (QED) is 0.441. The monoisotopic (exact) mass is 490 g/mol. The van der Waals surface area contributed by atoms with E-state index in [9.17, 15) is 13.5 Å². The van der Waals surface area contributed by atoms with Gasteiger partial charge in [0.05, 0.1) is 32.3 Å². The van der Waals surface area contributed by atoms with E-state index < -0.39 is 16.1 Å². The lowest BCUT2D eigenvalue weighted by molar-refractivity contribution is 0.0822. The molecule has 0 saturated heterocycles. The van der Waals surface area contributed by atoms with Crippen molar-refractivity contribution in [3.05, 3.63) is 36.6 Å². The molecule has 1 aromatic carbocycles. The van der Waals surface area contributed by atoms with Crippen LogP contribution in [-0.2, 0) is 10.0 Å². The molecule has 1 saturated carbocycles. The predicted molar refractivity (Wildman–Crippen MR) is 127 cm³/mol. The first kappa shape index (κ1) is 24.1. The van der Waals surface area contributed by atoms with Crippen molar-refractivity contribution in [2.75, 3.05) is 24.7 Å². The minimum Gasteiger partial charge on any atom is -0.494 e. The summed E-state index contributed by atoms with van der Waals surface area (Å²) >= 11 is 0. The summed E-state index contributed by atoms with van der Waals surface area (Å²) < 4.78 is 46.5. The van der Waals surface area contributed by atoms with Gasteiger partial charge in [-0.2, -0.15) is 0 Å². The van der Waals surface area contributed by atoms with Gasteiger partial charge in [-0.3, -0.25) is 9.29 Å². The number of aliphatic hydroxyl groups excluding tert-OH is 1. The topological polar surface area (TPSA) is 129 Å². The predicted octanol–water partition coefficient (Wildman–Crippen LogP) is 3.62. The van der Waals surface area contributed by atoms with E-state index in [0.717, 1.165) is 25.7 Å². The fourth-order valence-corrected chi connectivity index (χ4v) is 5.46. The molecule has 2 N–H and O–H groups in total. The van der Waals surface area contributed by atoms with Crippen LogP contribution in [0, 0.1) is 5.92 Å². The number of para-hydroxylation sites is 1. The smallest absolute Gasteiger partial charge is 0.243 e. The molecule has 184 valence electrons. The number of aromatic nitrogens is 3. The van der Waals surface area contributed by atoms with Crippen LogP contribution in [0.15, 0.2) is 41.0 Å². The van der Waals surface area contributed by atoms with Crippen molar-refractivity contribution in [2.24, 2.45) is 5.92 Å². The number of hydrogen-bond donors (Lipinski definition) is 2. The second-order valence-electron chi connectivity index (χ2n) is 8.35. The minimum absolute atomic E-state index is 0.0404. The van der Waals surface area contributed by atoms with Crippen LogP contribution >= 0.6 is 0 Å². The molecule has 0 radical (unpaired) electrons. The van der Waals surface area contributed by atoms with Gasteiger partial charge in [-0.15, -0.1) is 10.2 Å². The molecule has 10 nitrogen and oxygen atoms in total. The molecule has 4 rings (SSSR count). The van der Waals surface area contributed by atoms with Gasteiger partial charge in [-0.05, 0) is 49.4 Å². The largest absolute Gasteiger partial charge is 0.494 e. The van der Waals surface area contributed by atoms with Crippen molar-refractivity contribution in [3.8, 4) is 28.8 Å². The summed E-state index contributed by atoms with van der Waals surface area (Å²) in [5.41, 5.74) is 0.420. The van der Waals surface area contributed by atoms with Gasteiger partial charge in [0, 0.05) is 0 Å². The first-order chi connectivity index (χ1) is 16.4. The molecule has 1 fully saturated rings. The van der Waals surface area contributed by atoms with Gasteiger partial charge >= 0.3 is 0 Å². The summed E-state index contributed by atoms with van der Waals surface area (Å²) in [6, 6.07) is 8.60. The fourth-order valence-electron chi connectivity index (χ4n) is 4.40. The summed E-state index contributed by atoms with van der Waals surface area (Å²) in [6.45, 7) is 0. The lowest BCUT2D eigenvalue weighted by atomic mass is 9.84. The number of hydrogen-bond acceptors (Lipinski definition) is 8. The SMILES string of the molecule is COc1cccc(OC)c1-n1c(NS(=O)(=O)CC[C@@H](O)C2CCCCC2)nnc1-c1ccco1.